The molecule has 0 amide bonds. The normalized spacial score (nSPS) is 14.9. The molecule has 3 aromatic rings. The number of aromatic nitrogens is 2. The zero-order valence-corrected chi connectivity index (χ0v) is 14.9. The lowest BCUT2D eigenvalue weighted by Gasteiger charge is -2.26. The molecule has 0 saturated carbocycles. The lowest BCUT2D eigenvalue weighted by Crippen LogP contribution is -2.36. The second-order valence-corrected chi connectivity index (χ2v) is 6.03. The zero-order valence-electron chi connectivity index (χ0n) is 14.1. The van der Waals surface area contributed by atoms with Crippen molar-refractivity contribution >= 4 is 23.7 Å². The van der Waals surface area contributed by atoms with E-state index >= 15 is 0 Å². The van der Waals surface area contributed by atoms with E-state index in [0.29, 0.717) is 0 Å². The highest BCUT2D eigenvalue weighted by Gasteiger charge is 2.19. The summed E-state index contributed by atoms with van der Waals surface area (Å²) in [7, 11) is 0. The molecule has 1 fully saturated rings. The maximum atomic E-state index is 10.9. The SMILES string of the molecule is Cl.O=[N+]([O-])c1ccc(-c2nc3ccccn3c2CN2CCOCC2)cc1. The van der Waals surface area contributed by atoms with Crippen LogP contribution >= 0.6 is 12.4 Å². The Morgan fingerprint density at radius 2 is 1.85 bits per heavy atom. The van der Waals surface area contributed by atoms with E-state index in [0.717, 1.165) is 55.4 Å². The molecular weight excluding hydrogens is 356 g/mol. The largest absolute Gasteiger partial charge is 0.379 e. The van der Waals surface area contributed by atoms with E-state index in [1.54, 1.807) is 12.1 Å². The smallest absolute Gasteiger partial charge is 0.269 e. The van der Waals surface area contributed by atoms with E-state index in [4.69, 9.17) is 9.72 Å². The van der Waals surface area contributed by atoms with Gasteiger partial charge in [-0.1, -0.05) is 6.07 Å². The van der Waals surface area contributed by atoms with E-state index in [9.17, 15) is 10.1 Å². The van der Waals surface area contributed by atoms with Crippen LogP contribution in [0.25, 0.3) is 16.9 Å². The number of nitro benzene ring substituents is 1. The number of hydrogen-bond donors (Lipinski definition) is 0. The van der Waals surface area contributed by atoms with E-state index in [1.165, 1.54) is 12.1 Å². The van der Waals surface area contributed by atoms with E-state index in [-0.39, 0.29) is 23.0 Å². The van der Waals surface area contributed by atoms with Crippen molar-refractivity contribution in [3.05, 3.63) is 64.5 Å². The summed E-state index contributed by atoms with van der Waals surface area (Å²) in [4.78, 5) is 17.6. The molecule has 7 nitrogen and oxygen atoms in total. The number of hydrogen-bond acceptors (Lipinski definition) is 5. The van der Waals surface area contributed by atoms with Crippen LogP contribution in [0.3, 0.4) is 0 Å². The second-order valence-electron chi connectivity index (χ2n) is 6.03. The van der Waals surface area contributed by atoms with Gasteiger partial charge in [0.2, 0.25) is 0 Å². The highest BCUT2D eigenvalue weighted by atomic mass is 35.5. The van der Waals surface area contributed by atoms with Gasteiger partial charge < -0.3 is 9.14 Å². The molecule has 3 heterocycles. The predicted octanol–water partition coefficient (Wildman–Crippen LogP) is 3.16. The fourth-order valence-corrected chi connectivity index (χ4v) is 3.14. The summed E-state index contributed by atoms with van der Waals surface area (Å²) >= 11 is 0. The molecular formula is C18H19ClN4O3. The van der Waals surface area contributed by atoms with Crippen molar-refractivity contribution in [3.63, 3.8) is 0 Å². The standard InChI is InChI=1S/C18H18N4O3.ClH/c23-22(24)15-6-4-14(5-7-15)18-16(13-20-9-11-25-12-10-20)21-8-2-1-3-17(21)19-18;/h1-8H,9-13H2;1H. The Hall–Kier alpha value is -2.48. The molecule has 1 saturated heterocycles. The average Bonchev–Trinajstić information content (AvgIpc) is 3.01. The van der Waals surface area contributed by atoms with Crippen molar-refractivity contribution in [2.45, 2.75) is 6.54 Å². The van der Waals surface area contributed by atoms with Crippen LogP contribution in [0.4, 0.5) is 5.69 Å². The molecule has 0 spiro atoms. The summed E-state index contributed by atoms with van der Waals surface area (Å²) in [6, 6.07) is 12.5. The van der Waals surface area contributed by atoms with Gasteiger partial charge in [-0.25, -0.2) is 4.98 Å². The van der Waals surface area contributed by atoms with Crippen LogP contribution in [0.5, 0.6) is 0 Å². The van der Waals surface area contributed by atoms with Crippen LogP contribution in [0.1, 0.15) is 5.69 Å². The molecule has 26 heavy (non-hydrogen) atoms. The second kappa shape index (κ2) is 7.82. The van der Waals surface area contributed by atoms with Crippen molar-refractivity contribution in [3.8, 4) is 11.3 Å². The number of imidazole rings is 1. The Labute approximate surface area is 156 Å². The first-order valence-electron chi connectivity index (χ1n) is 8.23. The first-order valence-corrected chi connectivity index (χ1v) is 8.23. The molecule has 0 atom stereocenters. The van der Waals surface area contributed by atoms with Crippen LogP contribution in [0.15, 0.2) is 48.7 Å². The predicted molar refractivity (Wildman–Crippen MR) is 101 cm³/mol. The fourth-order valence-electron chi connectivity index (χ4n) is 3.14. The molecule has 1 aliphatic rings. The van der Waals surface area contributed by atoms with Crippen LogP contribution in [-0.2, 0) is 11.3 Å². The van der Waals surface area contributed by atoms with Gasteiger partial charge in [-0.05, 0) is 24.3 Å². The first-order chi connectivity index (χ1) is 12.2. The number of ether oxygens (including phenoxy) is 1. The van der Waals surface area contributed by atoms with Crippen LogP contribution in [-0.4, -0.2) is 45.5 Å². The maximum Gasteiger partial charge on any atom is 0.269 e. The van der Waals surface area contributed by atoms with Gasteiger partial charge in [-0.3, -0.25) is 15.0 Å². The van der Waals surface area contributed by atoms with Crippen LogP contribution in [0.2, 0.25) is 0 Å². The minimum absolute atomic E-state index is 0. The van der Waals surface area contributed by atoms with Crippen LogP contribution in [0, 0.1) is 10.1 Å². The third-order valence-electron chi connectivity index (χ3n) is 4.46. The molecule has 0 unspecified atom stereocenters. The summed E-state index contributed by atoms with van der Waals surface area (Å²) in [6.45, 7) is 4.02. The van der Waals surface area contributed by atoms with Crippen LogP contribution < -0.4 is 0 Å². The van der Waals surface area contributed by atoms with Gasteiger partial charge in [0, 0.05) is 43.5 Å². The summed E-state index contributed by atoms with van der Waals surface area (Å²) in [5, 5.41) is 10.9. The minimum Gasteiger partial charge on any atom is -0.379 e. The molecule has 8 heteroatoms. The highest BCUT2D eigenvalue weighted by molar-refractivity contribution is 5.85. The summed E-state index contributed by atoms with van der Waals surface area (Å²) < 4.78 is 7.52. The summed E-state index contributed by atoms with van der Waals surface area (Å²) in [6.07, 6.45) is 2.01. The Balaban J connectivity index is 0.00000196. The molecule has 1 aromatic carbocycles. The average molecular weight is 375 g/mol. The molecule has 4 rings (SSSR count). The molecule has 0 radical (unpaired) electrons. The number of nitro groups is 1. The van der Waals surface area contributed by atoms with Gasteiger partial charge in [0.25, 0.3) is 5.69 Å². The number of halogens is 1. The number of rotatable bonds is 4. The molecule has 0 N–H and O–H groups in total. The number of non-ortho nitro benzene ring substituents is 1. The van der Waals surface area contributed by atoms with E-state index in [2.05, 4.69) is 9.30 Å². The molecule has 136 valence electrons. The lowest BCUT2D eigenvalue weighted by molar-refractivity contribution is -0.384. The Kier molecular flexibility index (Phi) is 5.51. The molecule has 0 bridgehead atoms. The number of benzene rings is 1. The quantitative estimate of drug-likeness (QED) is 0.518. The van der Waals surface area contributed by atoms with Crippen molar-refractivity contribution in [2.24, 2.45) is 0 Å². The summed E-state index contributed by atoms with van der Waals surface area (Å²) in [5.41, 5.74) is 3.80. The van der Waals surface area contributed by atoms with Crippen molar-refractivity contribution in [1.29, 1.82) is 0 Å². The number of morpholine rings is 1. The Bertz CT molecular complexity index is 904. The highest BCUT2D eigenvalue weighted by Crippen LogP contribution is 2.27. The lowest BCUT2D eigenvalue weighted by atomic mass is 10.1. The third-order valence-corrected chi connectivity index (χ3v) is 4.46. The molecule has 1 aliphatic heterocycles. The van der Waals surface area contributed by atoms with Crippen molar-refractivity contribution in [1.82, 2.24) is 14.3 Å². The van der Waals surface area contributed by atoms with Crippen molar-refractivity contribution in [2.75, 3.05) is 26.3 Å². The van der Waals surface area contributed by atoms with E-state index < -0.39 is 0 Å². The van der Waals surface area contributed by atoms with Gasteiger partial charge in [-0.2, -0.15) is 0 Å². The van der Waals surface area contributed by atoms with Gasteiger partial charge in [0.15, 0.2) is 0 Å². The van der Waals surface area contributed by atoms with Gasteiger partial charge in [-0.15, -0.1) is 12.4 Å². The summed E-state index contributed by atoms with van der Waals surface area (Å²) in [5.74, 6) is 0. The fraction of sp³-hybridized carbons (Fsp3) is 0.278. The minimum atomic E-state index is -0.387. The number of pyridine rings is 1. The monoisotopic (exact) mass is 374 g/mol. The van der Waals surface area contributed by atoms with E-state index in [1.807, 2.05) is 24.4 Å². The van der Waals surface area contributed by atoms with Gasteiger partial charge in [0.1, 0.15) is 5.65 Å². The first kappa shape index (κ1) is 18.3. The third kappa shape index (κ3) is 3.55. The topological polar surface area (TPSA) is 72.9 Å². The Morgan fingerprint density at radius 3 is 2.54 bits per heavy atom. The van der Waals surface area contributed by atoms with Gasteiger partial charge in [0.05, 0.1) is 29.5 Å². The van der Waals surface area contributed by atoms with Gasteiger partial charge >= 0.3 is 0 Å². The molecule has 0 aliphatic carbocycles. The van der Waals surface area contributed by atoms with Crippen molar-refractivity contribution < 1.29 is 9.66 Å². The Morgan fingerprint density at radius 1 is 1.12 bits per heavy atom. The maximum absolute atomic E-state index is 10.9. The zero-order chi connectivity index (χ0) is 17.2. The molecule has 2 aromatic heterocycles. The number of nitrogens with zero attached hydrogens (tertiary/aromatic N) is 4. The number of fused-ring (bicyclic) bond motifs is 1.